The van der Waals surface area contributed by atoms with Crippen molar-refractivity contribution in [3.63, 3.8) is 0 Å². The summed E-state index contributed by atoms with van der Waals surface area (Å²) in [4.78, 5) is 14.1. The van der Waals surface area contributed by atoms with E-state index in [9.17, 15) is 4.79 Å². The number of anilines is 1. The Labute approximate surface area is 155 Å². The molecule has 1 aliphatic heterocycles. The van der Waals surface area contributed by atoms with Crippen LogP contribution in [0.3, 0.4) is 0 Å². The Hall–Kier alpha value is -1.36. The molecule has 2 aromatic rings. The van der Waals surface area contributed by atoms with Gasteiger partial charge in [0.15, 0.2) is 0 Å². The van der Waals surface area contributed by atoms with Crippen LogP contribution in [0, 0.1) is 0 Å². The smallest absolute Gasteiger partial charge is 0.238 e. The normalized spacial score (nSPS) is 17.4. The second-order valence-corrected chi connectivity index (χ2v) is 7.35. The number of nitrogens with zero attached hydrogens (tertiary/aromatic N) is 1. The van der Waals surface area contributed by atoms with Gasteiger partial charge >= 0.3 is 0 Å². The number of benzene rings is 2. The van der Waals surface area contributed by atoms with Gasteiger partial charge in [0.25, 0.3) is 0 Å². The number of ether oxygens (including phenoxy) is 1. The molecule has 0 aliphatic carbocycles. The molecule has 3 rings (SSSR count). The number of carbonyl (C=O) groups is 1. The summed E-state index contributed by atoms with van der Waals surface area (Å²) in [5, 5.41) is 1.11. The van der Waals surface area contributed by atoms with Gasteiger partial charge < -0.3 is 4.74 Å². The third kappa shape index (κ3) is 3.66. The van der Waals surface area contributed by atoms with Crippen LogP contribution in [-0.2, 0) is 4.79 Å². The SMILES string of the molecule is CCCOc1ccc([C@@H]2SCC(=O)N2c2ccc(Cl)cc2)cc1Cl. The fourth-order valence-electron chi connectivity index (χ4n) is 2.55. The summed E-state index contributed by atoms with van der Waals surface area (Å²) >= 11 is 13.9. The molecule has 0 saturated carbocycles. The minimum absolute atomic E-state index is 0.0785. The van der Waals surface area contributed by atoms with E-state index < -0.39 is 0 Å². The molecule has 2 aromatic carbocycles. The van der Waals surface area contributed by atoms with Crippen molar-refractivity contribution < 1.29 is 9.53 Å². The number of carbonyl (C=O) groups excluding carboxylic acids is 1. The summed E-state index contributed by atoms with van der Waals surface area (Å²) in [5.74, 6) is 1.20. The minimum Gasteiger partial charge on any atom is -0.492 e. The van der Waals surface area contributed by atoms with Crippen molar-refractivity contribution in [2.75, 3.05) is 17.3 Å². The lowest BCUT2D eigenvalue weighted by atomic mass is 10.1. The van der Waals surface area contributed by atoms with Crippen LogP contribution in [0.2, 0.25) is 10.0 Å². The zero-order valence-corrected chi connectivity index (χ0v) is 15.5. The second-order valence-electron chi connectivity index (χ2n) is 5.44. The Morgan fingerprint density at radius 3 is 2.62 bits per heavy atom. The highest BCUT2D eigenvalue weighted by atomic mass is 35.5. The van der Waals surface area contributed by atoms with Crippen molar-refractivity contribution in [2.45, 2.75) is 18.7 Å². The van der Waals surface area contributed by atoms with E-state index in [0.717, 1.165) is 17.7 Å². The topological polar surface area (TPSA) is 29.5 Å². The number of thioether (sulfide) groups is 1. The average molecular weight is 382 g/mol. The van der Waals surface area contributed by atoms with E-state index in [-0.39, 0.29) is 11.3 Å². The highest BCUT2D eigenvalue weighted by molar-refractivity contribution is 8.00. The Bertz CT molecular complexity index is 736. The van der Waals surface area contributed by atoms with Gasteiger partial charge in [-0.1, -0.05) is 36.2 Å². The first-order valence-electron chi connectivity index (χ1n) is 7.71. The highest BCUT2D eigenvalue weighted by Gasteiger charge is 2.34. The van der Waals surface area contributed by atoms with Gasteiger partial charge in [-0.2, -0.15) is 0 Å². The molecule has 0 bridgehead atoms. The molecule has 1 amide bonds. The molecule has 0 unspecified atom stereocenters. The molecule has 0 N–H and O–H groups in total. The van der Waals surface area contributed by atoms with Crippen LogP contribution in [-0.4, -0.2) is 18.3 Å². The molecule has 1 fully saturated rings. The van der Waals surface area contributed by atoms with Gasteiger partial charge in [-0.15, -0.1) is 11.8 Å². The minimum atomic E-state index is -0.101. The monoisotopic (exact) mass is 381 g/mol. The van der Waals surface area contributed by atoms with Crippen LogP contribution in [0.5, 0.6) is 5.75 Å². The van der Waals surface area contributed by atoms with E-state index in [1.165, 1.54) is 0 Å². The van der Waals surface area contributed by atoms with E-state index in [2.05, 4.69) is 0 Å². The first-order valence-corrected chi connectivity index (χ1v) is 9.52. The maximum atomic E-state index is 12.4. The Morgan fingerprint density at radius 2 is 1.96 bits per heavy atom. The first kappa shape index (κ1) is 17.5. The lowest BCUT2D eigenvalue weighted by molar-refractivity contribution is -0.115. The summed E-state index contributed by atoms with van der Waals surface area (Å²) < 4.78 is 5.62. The number of hydrogen-bond donors (Lipinski definition) is 0. The summed E-state index contributed by atoms with van der Waals surface area (Å²) in [7, 11) is 0. The van der Waals surface area contributed by atoms with Gasteiger partial charge in [0.1, 0.15) is 11.1 Å². The quantitative estimate of drug-likeness (QED) is 0.678. The molecule has 6 heteroatoms. The Balaban J connectivity index is 1.88. The van der Waals surface area contributed by atoms with Gasteiger partial charge in [-0.05, 0) is 48.4 Å². The molecule has 126 valence electrons. The van der Waals surface area contributed by atoms with Crippen molar-refractivity contribution in [1.29, 1.82) is 0 Å². The Morgan fingerprint density at radius 1 is 1.21 bits per heavy atom. The zero-order valence-electron chi connectivity index (χ0n) is 13.2. The van der Waals surface area contributed by atoms with Crippen LogP contribution < -0.4 is 9.64 Å². The van der Waals surface area contributed by atoms with Crippen LogP contribution in [0.4, 0.5) is 5.69 Å². The maximum absolute atomic E-state index is 12.4. The van der Waals surface area contributed by atoms with Crippen molar-refractivity contribution in [3.05, 3.63) is 58.1 Å². The Kier molecular flexibility index (Phi) is 5.59. The van der Waals surface area contributed by atoms with E-state index in [0.29, 0.717) is 28.2 Å². The molecule has 1 aliphatic rings. The van der Waals surface area contributed by atoms with Gasteiger partial charge in [0, 0.05) is 10.7 Å². The van der Waals surface area contributed by atoms with Gasteiger partial charge in [-0.25, -0.2) is 0 Å². The number of rotatable bonds is 5. The molecular weight excluding hydrogens is 365 g/mol. The lowest BCUT2D eigenvalue weighted by Crippen LogP contribution is -2.27. The predicted octanol–water partition coefficient (Wildman–Crippen LogP) is 5.56. The summed E-state index contributed by atoms with van der Waals surface area (Å²) in [6.07, 6.45) is 0.926. The predicted molar refractivity (Wildman–Crippen MR) is 101 cm³/mol. The third-order valence-electron chi connectivity index (χ3n) is 3.68. The standard InChI is InChI=1S/C18H17Cl2NO2S/c1-2-9-23-16-8-3-12(10-15(16)20)18-21(17(22)11-24-18)14-6-4-13(19)5-7-14/h3-8,10,18H,2,9,11H2,1H3/t18-/m0/s1. The highest BCUT2D eigenvalue weighted by Crippen LogP contribution is 2.43. The molecule has 1 atom stereocenters. The molecule has 24 heavy (non-hydrogen) atoms. The average Bonchev–Trinajstić information content (AvgIpc) is 2.96. The fraction of sp³-hybridized carbons (Fsp3) is 0.278. The maximum Gasteiger partial charge on any atom is 0.238 e. The first-order chi connectivity index (χ1) is 11.6. The van der Waals surface area contributed by atoms with E-state index in [1.807, 2.05) is 37.3 Å². The molecule has 0 radical (unpaired) electrons. The van der Waals surface area contributed by atoms with E-state index in [1.54, 1.807) is 28.8 Å². The number of halogens is 2. The van der Waals surface area contributed by atoms with Crippen LogP contribution in [0.25, 0.3) is 0 Å². The lowest BCUT2D eigenvalue weighted by Gasteiger charge is -2.25. The van der Waals surface area contributed by atoms with Gasteiger partial charge in [-0.3, -0.25) is 9.69 Å². The summed E-state index contributed by atoms with van der Waals surface area (Å²) in [5.41, 5.74) is 1.82. The molecular formula is C18H17Cl2NO2S. The van der Waals surface area contributed by atoms with Gasteiger partial charge in [0.2, 0.25) is 5.91 Å². The molecule has 0 spiro atoms. The molecule has 0 aromatic heterocycles. The summed E-state index contributed by atoms with van der Waals surface area (Å²) in [6.45, 7) is 2.68. The third-order valence-corrected chi connectivity index (χ3v) is 5.44. The molecule has 1 heterocycles. The van der Waals surface area contributed by atoms with Crippen molar-refractivity contribution in [1.82, 2.24) is 0 Å². The summed E-state index contributed by atoms with van der Waals surface area (Å²) in [6, 6.07) is 13.0. The van der Waals surface area contributed by atoms with Gasteiger partial charge in [0.05, 0.1) is 17.4 Å². The van der Waals surface area contributed by atoms with Crippen LogP contribution in [0.15, 0.2) is 42.5 Å². The van der Waals surface area contributed by atoms with Crippen molar-refractivity contribution in [2.24, 2.45) is 0 Å². The zero-order chi connectivity index (χ0) is 17.1. The fourth-order valence-corrected chi connectivity index (χ4v) is 4.09. The largest absolute Gasteiger partial charge is 0.492 e. The number of amides is 1. The van der Waals surface area contributed by atoms with Crippen molar-refractivity contribution in [3.8, 4) is 5.75 Å². The van der Waals surface area contributed by atoms with Crippen molar-refractivity contribution >= 4 is 46.6 Å². The van der Waals surface area contributed by atoms with Crippen LogP contribution in [0.1, 0.15) is 24.3 Å². The van der Waals surface area contributed by atoms with E-state index in [4.69, 9.17) is 27.9 Å². The molecule has 3 nitrogen and oxygen atoms in total. The molecule has 1 saturated heterocycles. The van der Waals surface area contributed by atoms with E-state index >= 15 is 0 Å². The second kappa shape index (κ2) is 7.68. The van der Waals surface area contributed by atoms with Crippen LogP contribution >= 0.6 is 35.0 Å². The number of hydrogen-bond acceptors (Lipinski definition) is 3.